The van der Waals surface area contributed by atoms with Crippen LogP contribution in [0.15, 0.2) is 48.7 Å². The van der Waals surface area contributed by atoms with Crippen LogP contribution in [0.1, 0.15) is 109 Å². The van der Waals surface area contributed by atoms with Gasteiger partial charge in [0.25, 0.3) is 11.8 Å². The number of rotatable bonds is 11. The monoisotopic (exact) mass is 966 g/mol. The first-order chi connectivity index (χ1) is 32.2. The number of hydrogen-bond donors (Lipinski definition) is 3. The zero-order valence-electron chi connectivity index (χ0n) is 38.5. The zero-order valence-corrected chi connectivity index (χ0v) is 40.1. The van der Waals surface area contributed by atoms with Crippen LogP contribution >= 0.6 is 11.3 Å². The number of thiazole rings is 1. The molecule has 0 radical (unpaired) electrons. The molecule has 2 atom stereocenters. The van der Waals surface area contributed by atoms with E-state index in [2.05, 4.69) is 25.4 Å². The Kier molecular flexibility index (Phi) is 11.4. The average molecular weight is 967 g/mol. The second-order valence-corrected chi connectivity index (χ2v) is 23.5. The van der Waals surface area contributed by atoms with Crippen LogP contribution in [0.3, 0.4) is 0 Å². The van der Waals surface area contributed by atoms with Crippen LogP contribution < -0.4 is 20.7 Å². The third-order valence-electron chi connectivity index (χ3n) is 14.8. The molecule has 358 valence electrons. The maximum atomic E-state index is 16.3. The summed E-state index contributed by atoms with van der Waals surface area (Å²) in [5.74, 6) is -2.15. The highest BCUT2D eigenvalue weighted by atomic mass is 32.2. The van der Waals surface area contributed by atoms with Crippen LogP contribution in [0.2, 0.25) is 0 Å². The lowest BCUT2D eigenvalue weighted by atomic mass is 9.60. The molecule has 2 aromatic carbocycles. The number of likely N-dealkylation sites (tertiary alicyclic amines) is 2. The van der Waals surface area contributed by atoms with Gasteiger partial charge in [-0.1, -0.05) is 39.8 Å². The maximum absolute atomic E-state index is 16.3. The lowest BCUT2D eigenvalue weighted by Gasteiger charge is -2.59. The van der Waals surface area contributed by atoms with Gasteiger partial charge in [0.1, 0.15) is 17.1 Å². The van der Waals surface area contributed by atoms with Crippen LogP contribution in [-0.4, -0.2) is 126 Å². The molecule has 2 aromatic heterocycles. The first-order valence-corrected chi connectivity index (χ1v) is 25.7. The van der Waals surface area contributed by atoms with E-state index >= 15 is 4.39 Å². The summed E-state index contributed by atoms with van der Waals surface area (Å²) < 4.78 is 41.1. The molecule has 2 unspecified atom stereocenters. The smallest absolute Gasteiger partial charge is 0.262 e. The van der Waals surface area contributed by atoms with Crippen molar-refractivity contribution in [1.29, 1.82) is 0 Å². The van der Waals surface area contributed by atoms with Crippen LogP contribution in [0.5, 0.6) is 0 Å². The Bertz CT molecular complexity index is 2870. The topological polar surface area (TPSA) is 221 Å². The molecule has 20 heteroatoms. The Morgan fingerprint density at radius 3 is 2.37 bits per heavy atom. The molecule has 1 aliphatic carbocycles. The van der Waals surface area contributed by atoms with Gasteiger partial charge in [0.05, 0.1) is 38.9 Å². The average Bonchev–Trinajstić information content (AvgIpc) is 3.80. The Morgan fingerprint density at radius 1 is 0.971 bits per heavy atom. The van der Waals surface area contributed by atoms with Gasteiger partial charge in [-0.25, -0.2) is 32.9 Å². The first kappa shape index (κ1) is 46.1. The number of piperidine rings is 2. The Balaban J connectivity index is 0.705. The molecule has 0 bridgehead atoms. The fourth-order valence-corrected chi connectivity index (χ4v) is 13.1. The number of sulfonamides is 1. The van der Waals surface area contributed by atoms with E-state index < -0.39 is 50.8 Å². The third-order valence-corrected chi connectivity index (χ3v) is 17.7. The summed E-state index contributed by atoms with van der Waals surface area (Å²) in [6, 6.07) is 10.8. The molecule has 4 N–H and O–H groups in total. The molecule has 4 saturated heterocycles. The second-order valence-electron chi connectivity index (χ2n) is 20.7. The Labute approximate surface area is 398 Å². The van der Waals surface area contributed by atoms with Crippen molar-refractivity contribution in [2.75, 3.05) is 56.0 Å². The number of carbonyl (C=O) groups is 5. The maximum Gasteiger partial charge on any atom is 0.262 e. The highest BCUT2D eigenvalue weighted by Crippen LogP contribution is 2.50. The molecule has 1 saturated carbocycles. The van der Waals surface area contributed by atoms with Crippen molar-refractivity contribution in [3.8, 4) is 21.8 Å². The van der Waals surface area contributed by atoms with Gasteiger partial charge in [0, 0.05) is 77.9 Å². The van der Waals surface area contributed by atoms with E-state index in [4.69, 9.17) is 15.1 Å². The van der Waals surface area contributed by atoms with Gasteiger partial charge < -0.3 is 15.1 Å². The van der Waals surface area contributed by atoms with E-state index in [1.165, 1.54) is 17.4 Å². The zero-order chi connectivity index (χ0) is 48.1. The number of aromatic nitrogens is 3. The number of primary sulfonamides is 1. The molecule has 4 aromatic rings. The number of amides is 5. The summed E-state index contributed by atoms with van der Waals surface area (Å²) in [5.41, 5.74) is 2.36. The largest absolute Gasteiger partial charge is 0.370 e. The van der Waals surface area contributed by atoms with Crippen LogP contribution in [-0.2, 0) is 29.8 Å². The number of nitrogens with one attached hydrogen (secondary N) is 2. The molecular weight excluding hydrogens is 912 g/mol. The van der Waals surface area contributed by atoms with Crippen molar-refractivity contribution < 1.29 is 36.8 Å². The summed E-state index contributed by atoms with van der Waals surface area (Å²) in [6.45, 7) is 12.8. The number of fused-ring (bicyclic) bond motifs is 1. The minimum absolute atomic E-state index is 0.00602. The quantitative estimate of drug-likeness (QED) is 0.171. The third kappa shape index (κ3) is 8.25. The highest BCUT2D eigenvalue weighted by Gasteiger charge is 2.54. The van der Waals surface area contributed by atoms with E-state index in [0.717, 1.165) is 67.5 Å². The SMILES string of the molecule is CCC(c1cccc(-c2nc(C(C)(C)C)sc2-c2ccnc(NC3CC4(C3)CN(C(=O)CN3CCC5(CC3)CN(c3ccc6c(c3)C(=O)N(C3CCC(=O)NC3=O)C6=O)C5)C4)n2)c1F)S(N)(=O)=O. The molecule has 5 amide bonds. The summed E-state index contributed by atoms with van der Waals surface area (Å²) in [4.78, 5) is 86.4. The predicted octanol–water partition coefficient (Wildman–Crippen LogP) is 4.85. The lowest BCUT2D eigenvalue weighted by molar-refractivity contribution is -0.152. The molecule has 17 nitrogen and oxygen atoms in total. The van der Waals surface area contributed by atoms with E-state index in [1.807, 2.05) is 31.7 Å². The van der Waals surface area contributed by atoms with Crippen molar-refractivity contribution >= 4 is 62.5 Å². The number of nitrogens with two attached hydrogens (primary N) is 1. The van der Waals surface area contributed by atoms with E-state index in [9.17, 15) is 32.4 Å². The fourth-order valence-electron chi connectivity index (χ4n) is 11.0. The minimum atomic E-state index is -4.06. The summed E-state index contributed by atoms with van der Waals surface area (Å²) in [5, 5.41) is 10.8. The van der Waals surface area contributed by atoms with Gasteiger partial charge in [-0.3, -0.25) is 39.1 Å². The molecule has 5 fully saturated rings. The van der Waals surface area contributed by atoms with Gasteiger partial charge in [0.2, 0.25) is 33.7 Å². The van der Waals surface area contributed by atoms with Crippen LogP contribution in [0, 0.1) is 16.6 Å². The number of anilines is 2. The number of nitrogens with zero attached hydrogens (tertiary/aromatic N) is 7. The summed E-state index contributed by atoms with van der Waals surface area (Å²) in [7, 11) is -4.06. The summed E-state index contributed by atoms with van der Waals surface area (Å²) >= 11 is 1.42. The standard InChI is InChI=1S/C48H55FN10O7S2/c1-5-35(68(50,65)66)30-7-6-8-31(38(30)49)39-40(67-44(55-39)46(2,3)4)33-13-16-51-45(53-33)52-27-20-48(21-27)25-58(26-48)37(61)22-56-17-14-47(15-18-56)23-57(24-47)28-9-10-29-32(19-28)43(64)59(42(29)63)34-11-12-36(60)54-41(34)62/h6-10,13,16,19,27,34-35H,5,11-12,14-15,17-18,20-26H2,1-4H3,(H2,50,65,66)(H,51,52,53)(H,54,60,62). The van der Waals surface area contributed by atoms with Gasteiger partial charge in [0.15, 0.2) is 0 Å². The number of halogens is 1. The van der Waals surface area contributed by atoms with E-state index in [0.29, 0.717) is 41.8 Å². The molecule has 2 spiro atoms. The number of hydrogen-bond acceptors (Lipinski definition) is 14. The van der Waals surface area contributed by atoms with E-state index in [1.54, 1.807) is 43.5 Å². The van der Waals surface area contributed by atoms with Crippen molar-refractivity contribution in [2.24, 2.45) is 16.0 Å². The fraction of sp³-hybridized carbons (Fsp3) is 0.500. The molecular formula is C48H55FN10O7S2. The van der Waals surface area contributed by atoms with Crippen molar-refractivity contribution in [2.45, 2.75) is 95.4 Å². The van der Waals surface area contributed by atoms with Crippen molar-refractivity contribution in [3.05, 3.63) is 76.2 Å². The van der Waals surface area contributed by atoms with Gasteiger partial charge in [-0.05, 0) is 81.9 Å². The lowest BCUT2D eigenvalue weighted by Crippen LogP contribution is -2.67. The Morgan fingerprint density at radius 2 is 1.69 bits per heavy atom. The highest BCUT2D eigenvalue weighted by molar-refractivity contribution is 7.89. The van der Waals surface area contributed by atoms with Gasteiger partial charge >= 0.3 is 0 Å². The Hall–Kier alpha value is -5.70. The molecule has 10 rings (SSSR count). The molecule has 68 heavy (non-hydrogen) atoms. The number of benzene rings is 2. The van der Waals surface area contributed by atoms with Crippen molar-refractivity contribution in [1.82, 2.24) is 35.0 Å². The molecule has 7 heterocycles. The second kappa shape index (κ2) is 16.8. The molecule has 5 aliphatic heterocycles. The van der Waals surface area contributed by atoms with Crippen molar-refractivity contribution in [3.63, 3.8) is 0 Å². The normalized spacial score (nSPS) is 21.9. The van der Waals surface area contributed by atoms with Crippen LogP contribution in [0.25, 0.3) is 21.8 Å². The van der Waals surface area contributed by atoms with Crippen LogP contribution in [0.4, 0.5) is 16.0 Å². The first-order valence-electron chi connectivity index (χ1n) is 23.3. The minimum Gasteiger partial charge on any atom is -0.370 e. The molecule has 6 aliphatic rings. The van der Waals surface area contributed by atoms with Gasteiger partial charge in [-0.15, -0.1) is 11.3 Å². The van der Waals surface area contributed by atoms with E-state index in [-0.39, 0.29) is 69.7 Å². The predicted molar refractivity (Wildman–Crippen MR) is 252 cm³/mol. The van der Waals surface area contributed by atoms with Gasteiger partial charge in [-0.2, -0.15) is 0 Å². The number of carbonyl (C=O) groups excluding carboxylic acids is 5. The summed E-state index contributed by atoms with van der Waals surface area (Å²) in [6.07, 6.45) is 5.63. The number of imide groups is 2.